The molecule has 1 aliphatic rings. The summed E-state index contributed by atoms with van der Waals surface area (Å²) in [6.07, 6.45) is 0. The van der Waals surface area contributed by atoms with Crippen molar-refractivity contribution in [1.29, 1.82) is 0 Å². The minimum Gasteiger partial charge on any atom is -0.326 e. The summed E-state index contributed by atoms with van der Waals surface area (Å²) in [5, 5.41) is 0. The van der Waals surface area contributed by atoms with Crippen molar-refractivity contribution in [3.63, 3.8) is 0 Å². The van der Waals surface area contributed by atoms with Gasteiger partial charge in [-0.3, -0.25) is 4.90 Å². The van der Waals surface area contributed by atoms with Crippen LogP contribution in [0.5, 0.6) is 0 Å². The molecule has 2 N–H and O–H groups in total. The van der Waals surface area contributed by atoms with Gasteiger partial charge < -0.3 is 5.73 Å². The molecule has 1 unspecified atom stereocenters. The van der Waals surface area contributed by atoms with Crippen LogP contribution in [0.4, 0.5) is 4.39 Å². The first kappa shape index (κ1) is 16.4. The predicted molar refractivity (Wildman–Crippen MR) is 79.8 cm³/mol. The molecular formula is C14H22FN3O2S. The van der Waals surface area contributed by atoms with Gasteiger partial charge in [0.15, 0.2) is 0 Å². The smallest absolute Gasteiger partial charge is 0.246 e. The van der Waals surface area contributed by atoms with Gasteiger partial charge in [-0.15, -0.1) is 0 Å². The third-order valence-corrected chi connectivity index (χ3v) is 5.88. The van der Waals surface area contributed by atoms with E-state index in [0.29, 0.717) is 25.2 Å². The maximum atomic E-state index is 14.1. The minimum absolute atomic E-state index is 0.130. The number of likely N-dealkylation sites (N-methyl/N-ethyl adjacent to an activating group) is 1. The number of rotatable bonds is 4. The molecule has 0 aromatic heterocycles. The Balaban J connectivity index is 2.27. The Labute approximate surface area is 125 Å². The molecule has 1 aliphatic heterocycles. The van der Waals surface area contributed by atoms with Gasteiger partial charge >= 0.3 is 0 Å². The van der Waals surface area contributed by atoms with Gasteiger partial charge in [-0.1, -0.05) is 13.0 Å². The van der Waals surface area contributed by atoms with Gasteiger partial charge in [-0.05, 0) is 31.2 Å². The fraction of sp³-hybridized carbons (Fsp3) is 0.571. The summed E-state index contributed by atoms with van der Waals surface area (Å²) < 4.78 is 40.6. The number of hydrogen-bond acceptors (Lipinski definition) is 4. The van der Waals surface area contributed by atoms with Crippen molar-refractivity contribution < 1.29 is 12.8 Å². The summed E-state index contributed by atoms with van der Waals surface area (Å²) in [5.74, 6) is -0.733. The summed E-state index contributed by atoms with van der Waals surface area (Å²) in [6.45, 7) is 6.54. The molecule has 2 rings (SSSR count). The van der Waals surface area contributed by atoms with Crippen LogP contribution in [0.15, 0.2) is 23.1 Å². The van der Waals surface area contributed by atoms with Crippen molar-refractivity contribution in [3.05, 3.63) is 29.6 Å². The third-order valence-electron chi connectivity index (χ3n) is 3.98. The first-order valence-electron chi connectivity index (χ1n) is 7.12. The number of benzene rings is 1. The van der Waals surface area contributed by atoms with Crippen LogP contribution in [0.25, 0.3) is 0 Å². The second-order valence-electron chi connectivity index (χ2n) is 5.31. The summed E-state index contributed by atoms with van der Waals surface area (Å²) in [6, 6.07) is 4.19. The number of piperazine rings is 1. The average molecular weight is 315 g/mol. The van der Waals surface area contributed by atoms with Crippen molar-refractivity contribution in [2.24, 2.45) is 5.73 Å². The highest BCUT2D eigenvalue weighted by Gasteiger charge is 2.33. The molecule has 1 aromatic carbocycles. The van der Waals surface area contributed by atoms with Crippen LogP contribution in [0, 0.1) is 5.82 Å². The summed E-state index contributed by atoms with van der Waals surface area (Å²) in [5.41, 5.74) is 6.02. The molecule has 1 heterocycles. The lowest BCUT2D eigenvalue weighted by Crippen LogP contribution is -2.53. The maximum absolute atomic E-state index is 14.1. The van der Waals surface area contributed by atoms with Gasteiger partial charge in [0.2, 0.25) is 10.0 Å². The molecule has 1 aromatic rings. The van der Waals surface area contributed by atoms with E-state index in [-0.39, 0.29) is 17.5 Å². The lowest BCUT2D eigenvalue weighted by atomic mass is 10.2. The number of hydrogen-bond donors (Lipinski definition) is 1. The van der Waals surface area contributed by atoms with Crippen LogP contribution >= 0.6 is 0 Å². The van der Waals surface area contributed by atoms with E-state index in [1.165, 1.54) is 16.4 Å². The Morgan fingerprint density at radius 1 is 1.38 bits per heavy atom. The van der Waals surface area contributed by atoms with Crippen LogP contribution < -0.4 is 5.73 Å². The lowest BCUT2D eigenvalue weighted by Gasteiger charge is -2.38. The highest BCUT2D eigenvalue weighted by molar-refractivity contribution is 7.89. The number of nitrogens with two attached hydrogens (primary N) is 1. The average Bonchev–Trinajstić information content (AvgIpc) is 2.46. The molecule has 21 heavy (non-hydrogen) atoms. The first-order chi connectivity index (χ1) is 9.90. The van der Waals surface area contributed by atoms with Crippen LogP contribution in [-0.2, 0) is 16.6 Å². The molecule has 1 saturated heterocycles. The fourth-order valence-electron chi connectivity index (χ4n) is 2.67. The number of nitrogens with zero attached hydrogens (tertiary/aromatic N) is 2. The number of sulfonamides is 1. The lowest BCUT2D eigenvalue weighted by molar-refractivity contribution is 0.135. The van der Waals surface area contributed by atoms with Crippen molar-refractivity contribution in [1.82, 2.24) is 9.21 Å². The first-order valence-corrected chi connectivity index (χ1v) is 8.56. The van der Waals surface area contributed by atoms with Crippen molar-refractivity contribution >= 4 is 10.0 Å². The van der Waals surface area contributed by atoms with Gasteiger partial charge in [0.1, 0.15) is 10.7 Å². The highest BCUT2D eigenvalue weighted by atomic mass is 32.2. The van der Waals surface area contributed by atoms with E-state index in [1.54, 1.807) is 6.07 Å². The molecule has 0 radical (unpaired) electrons. The largest absolute Gasteiger partial charge is 0.326 e. The Hall–Kier alpha value is -1.02. The van der Waals surface area contributed by atoms with Crippen molar-refractivity contribution in [2.45, 2.75) is 31.3 Å². The quantitative estimate of drug-likeness (QED) is 0.900. The van der Waals surface area contributed by atoms with Crippen LogP contribution in [0.1, 0.15) is 19.4 Å². The van der Waals surface area contributed by atoms with E-state index < -0.39 is 15.8 Å². The molecule has 1 atom stereocenters. The van der Waals surface area contributed by atoms with E-state index in [1.807, 2.05) is 13.8 Å². The molecule has 0 bridgehead atoms. The van der Waals surface area contributed by atoms with Crippen LogP contribution in [0.3, 0.4) is 0 Å². The van der Waals surface area contributed by atoms with Crippen LogP contribution in [-0.4, -0.2) is 49.8 Å². The third kappa shape index (κ3) is 3.26. The Bertz CT molecular complexity index is 606. The molecular weight excluding hydrogens is 293 g/mol. The SMILES string of the molecule is CCN1CCN(S(=O)(=O)c2ccc(CN)cc2F)CC1C. The second kappa shape index (κ2) is 6.39. The highest BCUT2D eigenvalue weighted by Crippen LogP contribution is 2.23. The fourth-order valence-corrected chi connectivity index (χ4v) is 4.23. The molecule has 1 fully saturated rings. The maximum Gasteiger partial charge on any atom is 0.246 e. The van der Waals surface area contributed by atoms with Gasteiger partial charge in [0, 0.05) is 32.2 Å². The van der Waals surface area contributed by atoms with Gasteiger partial charge in [-0.25, -0.2) is 12.8 Å². The van der Waals surface area contributed by atoms with Gasteiger partial charge in [-0.2, -0.15) is 4.31 Å². The predicted octanol–water partition coefficient (Wildman–Crippen LogP) is 0.999. The monoisotopic (exact) mass is 315 g/mol. The second-order valence-corrected chi connectivity index (χ2v) is 7.22. The molecule has 7 heteroatoms. The van der Waals surface area contributed by atoms with Gasteiger partial charge in [0.05, 0.1) is 0 Å². The summed E-state index contributed by atoms with van der Waals surface area (Å²) >= 11 is 0. The summed E-state index contributed by atoms with van der Waals surface area (Å²) in [4.78, 5) is 1.94. The van der Waals surface area contributed by atoms with E-state index in [0.717, 1.165) is 6.54 Å². The molecule has 118 valence electrons. The van der Waals surface area contributed by atoms with E-state index >= 15 is 0 Å². The molecule has 0 saturated carbocycles. The zero-order valence-corrected chi connectivity index (χ0v) is 13.2. The van der Waals surface area contributed by atoms with Gasteiger partial charge in [0.25, 0.3) is 0 Å². The normalized spacial score (nSPS) is 21.6. The molecule has 5 nitrogen and oxygen atoms in total. The molecule has 0 spiro atoms. The Morgan fingerprint density at radius 2 is 2.10 bits per heavy atom. The number of halogens is 1. The Kier molecular flexibility index (Phi) is 4.98. The van der Waals surface area contributed by atoms with E-state index in [2.05, 4.69) is 4.90 Å². The van der Waals surface area contributed by atoms with E-state index in [4.69, 9.17) is 5.73 Å². The molecule has 0 aliphatic carbocycles. The van der Waals surface area contributed by atoms with Crippen molar-refractivity contribution in [2.75, 3.05) is 26.2 Å². The zero-order chi connectivity index (χ0) is 15.6. The summed E-state index contributed by atoms with van der Waals surface area (Å²) in [7, 11) is -3.79. The van der Waals surface area contributed by atoms with Crippen LogP contribution in [0.2, 0.25) is 0 Å². The minimum atomic E-state index is -3.79. The van der Waals surface area contributed by atoms with Crippen molar-refractivity contribution in [3.8, 4) is 0 Å². The standard InChI is InChI=1S/C14H22FN3O2S/c1-3-17-6-7-18(10-11(17)2)21(19,20)14-5-4-12(9-16)8-13(14)15/h4-5,8,11H,3,6-7,9-10,16H2,1-2H3. The molecule has 0 amide bonds. The topological polar surface area (TPSA) is 66.6 Å². The zero-order valence-electron chi connectivity index (χ0n) is 12.4. The Morgan fingerprint density at radius 3 is 2.62 bits per heavy atom. The van der Waals surface area contributed by atoms with E-state index in [9.17, 15) is 12.8 Å².